The molecule has 58 heavy (non-hydrogen) atoms. The molecule has 2 saturated heterocycles. The van der Waals surface area contributed by atoms with Crippen LogP contribution in [-0.2, 0) is 23.2 Å². The Bertz CT molecular complexity index is 2370. The van der Waals surface area contributed by atoms with Crippen LogP contribution >= 0.6 is 0 Å². The number of piperazine rings is 1. The normalized spacial score (nSPS) is 20.7. The van der Waals surface area contributed by atoms with Crippen LogP contribution in [0.5, 0.6) is 5.88 Å². The van der Waals surface area contributed by atoms with Crippen molar-refractivity contribution in [2.75, 3.05) is 54.9 Å². The summed E-state index contributed by atoms with van der Waals surface area (Å²) in [6.07, 6.45) is 3.57. The lowest BCUT2D eigenvalue weighted by Gasteiger charge is -2.41. The number of anilines is 3. The maximum atomic E-state index is 15.1. The second-order valence-electron chi connectivity index (χ2n) is 15.8. The fourth-order valence-corrected chi connectivity index (χ4v) is 8.42. The van der Waals surface area contributed by atoms with Gasteiger partial charge in [-0.25, -0.2) is 18.4 Å². The van der Waals surface area contributed by atoms with Gasteiger partial charge in [-0.15, -0.1) is 0 Å². The molecule has 3 N–H and O–H groups in total. The van der Waals surface area contributed by atoms with E-state index in [1.54, 1.807) is 23.0 Å². The average Bonchev–Trinajstić information content (AvgIpc) is 3.71. The van der Waals surface area contributed by atoms with Gasteiger partial charge in [-0.3, -0.25) is 34.9 Å². The first-order chi connectivity index (χ1) is 27.9. The Kier molecular flexibility index (Phi) is 10.8. The number of amides is 3. The van der Waals surface area contributed by atoms with E-state index in [1.807, 2.05) is 20.0 Å². The summed E-state index contributed by atoms with van der Waals surface area (Å²) in [5, 5.41) is 12.8. The molecule has 2 aromatic carbocycles. The van der Waals surface area contributed by atoms with Gasteiger partial charge in [-0.1, -0.05) is 6.92 Å². The highest BCUT2D eigenvalue weighted by atomic mass is 19.1. The van der Waals surface area contributed by atoms with E-state index in [2.05, 4.69) is 61.4 Å². The number of carbonyl (C=O) groups excluding carboxylic acids is 3. The van der Waals surface area contributed by atoms with Crippen molar-refractivity contribution < 1.29 is 27.9 Å². The minimum Gasteiger partial charge on any atom is -0.477 e. The zero-order valence-electron chi connectivity index (χ0n) is 33.1. The second kappa shape index (κ2) is 16.2. The van der Waals surface area contributed by atoms with Crippen LogP contribution in [0.2, 0.25) is 0 Å². The summed E-state index contributed by atoms with van der Waals surface area (Å²) in [6.45, 7) is 10.9. The number of imide groups is 1. The van der Waals surface area contributed by atoms with E-state index < -0.39 is 29.4 Å². The first-order valence-electron chi connectivity index (χ1n) is 19.9. The van der Waals surface area contributed by atoms with Crippen LogP contribution in [-0.4, -0.2) is 92.3 Å². The highest BCUT2D eigenvalue weighted by Gasteiger charge is 2.33. The summed E-state index contributed by atoms with van der Waals surface area (Å²) in [7, 11) is 1.83. The molecule has 0 radical (unpaired) electrons. The topological polar surface area (TPSA) is 152 Å². The predicted octanol–water partition coefficient (Wildman–Crippen LogP) is 5.62. The number of ether oxygens (including phenoxy) is 1. The minimum atomic E-state index is -1.03. The maximum Gasteiger partial charge on any atom is 0.258 e. The Morgan fingerprint density at radius 3 is 2.55 bits per heavy atom. The molecule has 5 aromatic rings. The molecule has 3 aromatic heterocycles. The van der Waals surface area contributed by atoms with Crippen LogP contribution in [0.3, 0.4) is 0 Å². The van der Waals surface area contributed by atoms with Gasteiger partial charge in [-0.2, -0.15) is 5.10 Å². The Morgan fingerprint density at radius 2 is 1.78 bits per heavy atom. The number of imidazole rings is 1. The number of nitrogens with zero attached hydrogens (tertiary/aromatic N) is 7. The highest BCUT2D eigenvalue weighted by molar-refractivity contribution is 6.05. The SMILES string of the molecule is Cc1cc2cc(n1)-c1cnn(C)c1OCCC[C@@H](C)Cn1c(nc3ccc(N4CCN(CCNc5cc(F)c([C@H]6CCC(=O)NC6=O)c(F)c5)C[C@H]4C)cc31)NC2=O. The number of aromatic nitrogens is 5. The van der Waals surface area contributed by atoms with Gasteiger partial charge in [0.1, 0.15) is 11.6 Å². The standard InChI is InChI=1S/C42H48F2N10O4/c1-24-6-5-15-58-41-31(21-46-51(41)4)35-17-27(16-25(2)47-35)39(56)50-42-48-34-9-7-29(20-36(34)54(42)22-24)53-14-13-52(23-26(53)3)12-11-45-28-18-32(43)38(33(44)19-28)30-8-10-37(55)49-40(30)57/h7,9,16-21,24,26,30,45H,5-6,8,10-15,22-23H2,1-4H3,(H,48,50,56)(H,49,55,57)/t24-,26-,30-/m1/s1. The third-order valence-electron chi connectivity index (χ3n) is 11.4. The number of piperidine rings is 1. The van der Waals surface area contributed by atoms with Crippen molar-refractivity contribution in [3.63, 3.8) is 0 Å². The van der Waals surface area contributed by atoms with Crippen molar-refractivity contribution in [3.05, 3.63) is 77.1 Å². The summed E-state index contributed by atoms with van der Waals surface area (Å²) in [5.41, 5.74) is 5.29. The van der Waals surface area contributed by atoms with Gasteiger partial charge in [0, 0.05) is 87.0 Å². The Balaban J connectivity index is 0.955. The average molecular weight is 795 g/mol. The third-order valence-corrected chi connectivity index (χ3v) is 11.4. The number of hydrogen-bond acceptors (Lipinski definition) is 10. The number of carbonyl (C=O) groups is 3. The maximum absolute atomic E-state index is 15.1. The summed E-state index contributed by atoms with van der Waals surface area (Å²) in [6, 6.07) is 12.4. The lowest BCUT2D eigenvalue weighted by Crippen LogP contribution is -2.52. The Labute approximate surface area is 334 Å². The van der Waals surface area contributed by atoms with Crippen molar-refractivity contribution in [1.82, 2.24) is 34.5 Å². The molecule has 0 spiro atoms. The van der Waals surface area contributed by atoms with Gasteiger partial charge >= 0.3 is 0 Å². The number of halogens is 2. The van der Waals surface area contributed by atoms with E-state index >= 15 is 8.78 Å². The Hall–Kier alpha value is -5.90. The van der Waals surface area contributed by atoms with Crippen LogP contribution in [0.15, 0.2) is 48.7 Å². The number of pyridine rings is 1. The van der Waals surface area contributed by atoms with Crippen molar-refractivity contribution in [2.24, 2.45) is 13.0 Å². The number of fused-ring (bicyclic) bond motifs is 7. The largest absolute Gasteiger partial charge is 0.477 e. The fraction of sp³-hybridized carbons (Fsp3) is 0.429. The van der Waals surface area contributed by atoms with E-state index in [0.717, 1.165) is 54.8 Å². The van der Waals surface area contributed by atoms with Gasteiger partial charge < -0.3 is 19.5 Å². The summed E-state index contributed by atoms with van der Waals surface area (Å²) in [4.78, 5) is 51.9. The molecule has 0 unspecified atom stereocenters. The van der Waals surface area contributed by atoms with Crippen LogP contribution in [0.4, 0.5) is 26.1 Å². The monoisotopic (exact) mass is 794 g/mol. The molecule has 3 aliphatic rings. The molecule has 3 amide bonds. The van der Waals surface area contributed by atoms with Gasteiger partial charge in [0.15, 0.2) is 0 Å². The van der Waals surface area contributed by atoms with E-state index in [1.165, 1.54) is 12.1 Å². The van der Waals surface area contributed by atoms with Crippen molar-refractivity contribution in [2.45, 2.75) is 65.0 Å². The zero-order chi connectivity index (χ0) is 40.7. The van der Waals surface area contributed by atoms with Crippen molar-refractivity contribution in [1.29, 1.82) is 0 Å². The molecule has 0 aliphatic carbocycles. The molecule has 14 nitrogen and oxygen atoms in total. The second-order valence-corrected chi connectivity index (χ2v) is 15.8. The molecule has 8 rings (SSSR count). The summed E-state index contributed by atoms with van der Waals surface area (Å²) >= 11 is 0. The first kappa shape index (κ1) is 38.9. The number of hydrogen-bond donors (Lipinski definition) is 3. The smallest absolute Gasteiger partial charge is 0.258 e. The fourth-order valence-electron chi connectivity index (χ4n) is 8.42. The Morgan fingerprint density at radius 1 is 0.966 bits per heavy atom. The van der Waals surface area contributed by atoms with Crippen LogP contribution in [0.1, 0.15) is 67.1 Å². The lowest BCUT2D eigenvalue weighted by atomic mass is 9.89. The lowest BCUT2D eigenvalue weighted by molar-refractivity contribution is -0.134. The van der Waals surface area contributed by atoms with Crippen molar-refractivity contribution >= 4 is 46.1 Å². The summed E-state index contributed by atoms with van der Waals surface area (Å²) < 4.78 is 40.2. The van der Waals surface area contributed by atoms with Gasteiger partial charge in [0.05, 0.1) is 41.0 Å². The molecule has 2 bridgehead atoms. The van der Waals surface area contributed by atoms with E-state index in [4.69, 9.17) is 14.7 Å². The molecule has 3 atom stereocenters. The highest BCUT2D eigenvalue weighted by Crippen LogP contribution is 2.34. The third kappa shape index (κ3) is 7.97. The first-order valence-corrected chi connectivity index (χ1v) is 19.9. The van der Waals surface area contributed by atoms with Crippen LogP contribution in [0, 0.1) is 24.5 Å². The van der Waals surface area contributed by atoms with Crippen LogP contribution in [0.25, 0.3) is 22.3 Å². The predicted molar refractivity (Wildman–Crippen MR) is 216 cm³/mol. The molecule has 2 fully saturated rings. The zero-order valence-corrected chi connectivity index (χ0v) is 33.1. The van der Waals surface area contributed by atoms with E-state index in [0.29, 0.717) is 60.7 Å². The minimum absolute atomic E-state index is 0.0415. The summed E-state index contributed by atoms with van der Waals surface area (Å²) in [5.74, 6) is -2.67. The van der Waals surface area contributed by atoms with Crippen molar-refractivity contribution in [3.8, 4) is 17.1 Å². The molecular weight excluding hydrogens is 747 g/mol. The molecule has 3 aliphatic heterocycles. The van der Waals surface area contributed by atoms with Gasteiger partial charge in [0.25, 0.3) is 5.91 Å². The number of benzene rings is 2. The number of aryl methyl sites for hydroxylation is 2. The molecule has 6 heterocycles. The number of nitrogens with one attached hydrogen (secondary N) is 3. The molecule has 16 heteroatoms. The van der Waals surface area contributed by atoms with Gasteiger partial charge in [0.2, 0.25) is 23.6 Å². The van der Waals surface area contributed by atoms with E-state index in [-0.39, 0.29) is 36.3 Å². The van der Waals surface area contributed by atoms with E-state index in [9.17, 15) is 14.4 Å². The molecule has 304 valence electrons. The quantitative estimate of drug-likeness (QED) is 0.185. The number of rotatable bonds is 6. The molecule has 0 saturated carbocycles. The van der Waals surface area contributed by atoms with Crippen LogP contribution < -0.4 is 25.6 Å². The van der Waals surface area contributed by atoms with Gasteiger partial charge in [-0.05, 0) is 81.5 Å². The molecular formula is C42H48F2N10O4.